The molecule has 0 aliphatic heterocycles. The van der Waals surface area contributed by atoms with Crippen LogP contribution in [0.4, 0.5) is 0 Å². The van der Waals surface area contributed by atoms with Crippen molar-refractivity contribution in [2.45, 2.75) is 46.6 Å². The molecule has 1 amide bonds. The van der Waals surface area contributed by atoms with E-state index in [1.54, 1.807) is 6.92 Å². The zero-order valence-corrected chi connectivity index (χ0v) is 16.2. The smallest absolute Gasteiger partial charge is 0.260 e. The molecule has 2 rings (SSSR count). The van der Waals surface area contributed by atoms with E-state index in [2.05, 4.69) is 18.3 Å². The third-order valence-electron chi connectivity index (χ3n) is 4.36. The highest BCUT2D eigenvalue weighted by Gasteiger charge is 2.14. The number of para-hydroxylation sites is 1. The minimum atomic E-state index is -0.521. The van der Waals surface area contributed by atoms with E-state index in [-0.39, 0.29) is 5.91 Å². The summed E-state index contributed by atoms with van der Waals surface area (Å²) in [5, 5.41) is 2.95. The molecule has 2 aromatic rings. The molecule has 0 saturated carbocycles. The molecular weight excluding hydrogens is 326 g/mol. The molecule has 0 saturated heterocycles. The number of hydrogen-bond donors (Lipinski definition) is 1. The predicted octanol–water partition coefficient (Wildman–Crippen LogP) is 4.22. The van der Waals surface area contributed by atoms with Crippen molar-refractivity contribution >= 4 is 5.91 Å². The van der Waals surface area contributed by atoms with Crippen LogP contribution in [0.15, 0.2) is 42.5 Å². The molecule has 0 heterocycles. The molecular formula is C22H29NO3. The number of hydrogen-bond acceptors (Lipinski definition) is 3. The van der Waals surface area contributed by atoms with Gasteiger partial charge in [0.05, 0.1) is 6.61 Å². The fourth-order valence-electron chi connectivity index (χ4n) is 2.69. The lowest BCUT2D eigenvalue weighted by Crippen LogP contribution is -2.36. The topological polar surface area (TPSA) is 47.6 Å². The largest absolute Gasteiger partial charge is 0.494 e. The van der Waals surface area contributed by atoms with E-state index in [0.717, 1.165) is 29.9 Å². The van der Waals surface area contributed by atoms with E-state index < -0.39 is 6.10 Å². The lowest BCUT2D eigenvalue weighted by Gasteiger charge is -2.16. The molecule has 0 aliphatic rings. The van der Waals surface area contributed by atoms with Crippen molar-refractivity contribution in [1.29, 1.82) is 0 Å². The van der Waals surface area contributed by atoms with Gasteiger partial charge < -0.3 is 14.8 Å². The lowest BCUT2D eigenvalue weighted by atomic mass is 10.1. The highest BCUT2D eigenvalue weighted by molar-refractivity contribution is 5.80. The highest BCUT2D eigenvalue weighted by Crippen LogP contribution is 2.19. The van der Waals surface area contributed by atoms with Gasteiger partial charge in [-0.2, -0.15) is 0 Å². The van der Waals surface area contributed by atoms with E-state index in [1.165, 1.54) is 11.1 Å². The Bertz CT molecular complexity index is 727. The molecule has 26 heavy (non-hydrogen) atoms. The van der Waals surface area contributed by atoms with E-state index in [4.69, 9.17) is 9.47 Å². The first-order chi connectivity index (χ1) is 12.5. The molecule has 0 fully saturated rings. The molecule has 0 aliphatic carbocycles. The number of aryl methyl sites for hydroxylation is 3. The van der Waals surface area contributed by atoms with Crippen molar-refractivity contribution in [3.8, 4) is 11.5 Å². The zero-order valence-electron chi connectivity index (χ0n) is 16.2. The summed E-state index contributed by atoms with van der Waals surface area (Å²) < 4.78 is 11.4. The monoisotopic (exact) mass is 355 g/mol. The summed E-state index contributed by atoms with van der Waals surface area (Å²) in [6.07, 6.45) is 1.20. The normalized spacial score (nSPS) is 11.7. The molecule has 0 radical (unpaired) electrons. The minimum absolute atomic E-state index is 0.0960. The number of nitrogens with one attached hydrogen (secondary N) is 1. The van der Waals surface area contributed by atoms with Crippen molar-refractivity contribution < 1.29 is 14.3 Å². The van der Waals surface area contributed by atoms with Gasteiger partial charge in [-0.25, -0.2) is 0 Å². The Balaban J connectivity index is 1.77. The summed E-state index contributed by atoms with van der Waals surface area (Å²) in [5.74, 6) is 1.55. The molecule has 0 aromatic heterocycles. The van der Waals surface area contributed by atoms with Gasteiger partial charge in [0, 0.05) is 6.54 Å². The maximum Gasteiger partial charge on any atom is 0.260 e. The van der Waals surface area contributed by atoms with Crippen molar-refractivity contribution in [3.63, 3.8) is 0 Å². The number of benzene rings is 2. The number of rotatable bonds is 9. The van der Waals surface area contributed by atoms with Gasteiger partial charge in [0.25, 0.3) is 5.91 Å². The molecule has 1 N–H and O–H groups in total. The Labute approximate surface area is 156 Å². The van der Waals surface area contributed by atoms with Crippen LogP contribution in [-0.2, 0) is 11.2 Å². The maximum atomic E-state index is 12.2. The highest BCUT2D eigenvalue weighted by atomic mass is 16.5. The van der Waals surface area contributed by atoms with Crippen LogP contribution in [0.1, 0.15) is 37.0 Å². The van der Waals surface area contributed by atoms with Gasteiger partial charge in [0.2, 0.25) is 0 Å². The van der Waals surface area contributed by atoms with Crippen LogP contribution in [0.5, 0.6) is 11.5 Å². The molecule has 4 nitrogen and oxygen atoms in total. The second kappa shape index (κ2) is 9.85. The van der Waals surface area contributed by atoms with Gasteiger partial charge in [-0.15, -0.1) is 0 Å². The summed E-state index contributed by atoms with van der Waals surface area (Å²) in [5.41, 5.74) is 3.54. The van der Waals surface area contributed by atoms with E-state index in [1.807, 2.05) is 50.2 Å². The van der Waals surface area contributed by atoms with E-state index in [9.17, 15) is 4.79 Å². The average Bonchev–Trinajstić information content (AvgIpc) is 2.63. The number of carbonyl (C=O) groups excluding carboxylic acids is 1. The van der Waals surface area contributed by atoms with Gasteiger partial charge in [-0.05, 0) is 75.4 Å². The number of carbonyl (C=O) groups is 1. The second-order valence-corrected chi connectivity index (χ2v) is 6.44. The summed E-state index contributed by atoms with van der Waals surface area (Å²) in [4.78, 5) is 12.2. The molecule has 1 atom stereocenters. The average molecular weight is 355 g/mol. The molecule has 0 spiro atoms. The van der Waals surface area contributed by atoms with Gasteiger partial charge >= 0.3 is 0 Å². The molecule has 4 heteroatoms. The molecule has 0 bridgehead atoms. The Kier molecular flexibility index (Phi) is 7.52. The number of amides is 1. The Morgan fingerprint density at radius 2 is 1.88 bits per heavy atom. The van der Waals surface area contributed by atoms with Crippen molar-refractivity contribution in [1.82, 2.24) is 5.32 Å². The fourth-order valence-corrected chi connectivity index (χ4v) is 2.69. The van der Waals surface area contributed by atoms with Crippen LogP contribution < -0.4 is 14.8 Å². The standard InChI is InChI=1S/C22H29NO3/c1-5-25-21-11-7-6-9-19(21)10-8-14-23-22(24)18(4)26-20-13-12-16(2)17(3)15-20/h6-7,9,11-13,15,18H,5,8,10,14H2,1-4H3,(H,23,24)/t18-/m1/s1. The first-order valence-corrected chi connectivity index (χ1v) is 9.23. The van der Waals surface area contributed by atoms with Crippen molar-refractivity contribution in [3.05, 3.63) is 59.2 Å². The zero-order chi connectivity index (χ0) is 18.9. The van der Waals surface area contributed by atoms with Crippen LogP contribution >= 0.6 is 0 Å². The van der Waals surface area contributed by atoms with Crippen molar-refractivity contribution in [2.75, 3.05) is 13.2 Å². The van der Waals surface area contributed by atoms with Crippen LogP contribution in [0.3, 0.4) is 0 Å². The summed E-state index contributed by atoms with van der Waals surface area (Å²) in [6.45, 7) is 9.11. The summed E-state index contributed by atoms with van der Waals surface area (Å²) in [6, 6.07) is 13.9. The van der Waals surface area contributed by atoms with E-state index in [0.29, 0.717) is 13.2 Å². The Morgan fingerprint density at radius 1 is 1.12 bits per heavy atom. The third kappa shape index (κ3) is 5.80. The summed E-state index contributed by atoms with van der Waals surface area (Å²) in [7, 11) is 0. The van der Waals surface area contributed by atoms with Crippen LogP contribution in [0, 0.1) is 13.8 Å². The van der Waals surface area contributed by atoms with Gasteiger partial charge in [-0.3, -0.25) is 4.79 Å². The minimum Gasteiger partial charge on any atom is -0.494 e. The van der Waals surface area contributed by atoms with Gasteiger partial charge in [0.15, 0.2) is 6.10 Å². The molecule has 140 valence electrons. The summed E-state index contributed by atoms with van der Waals surface area (Å²) >= 11 is 0. The fraction of sp³-hybridized carbons (Fsp3) is 0.409. The number of ether oxygens (including phenoxy) is 2. The Morgan fingerprint density at radius 3 is 2.62 bits per heavy atom. The SMILES string of the molecule is CCOc1ccccc1CCCNC(=O)[C@@H](C)Oc1ccc(C)c(C)c1. The Hall–Kier alpha value is -2.49. The van der Waals surface area contributed by atoms with Crippen LogP contribution in [0.2, 0.25) is 0 Å². The first kappa shape index (κ1) is 19.8. The molecule has 2 aromatic carbocycles. The second-order valence-electron chi connectivity index (χ2n) is 6.44. The van der Waals surface area contributed by atoms with Crippen molar-refractivity contribution in [2.24, 2.45) is 0 Å². The van der Waals surface area contributed by atoms with Crippen LogP contribution in [0.25, 0.3) is 0 Å². The quantitative estimate of drug-likeness (QED) is 0.685. The molecule has 0 unspecified atom stereocenters. The van der Waals surface area contributed by atoms with Gasteiger partial charge in [0.1, 0.15) is 11.5 Å². The lowest BCUT2D eigenvalue weighted by molar-refractivity contribution is -0.127. The van der Waals surface area contributed by atoms with E-state index >= 15 is 0 Å². The third-order valence-corrected chi connectivity index (χ3v) is 4.36. The predicted molar refractivity (Wildman–Crippen MR) is 105 cm³/mol. The van der Waals surface area contributed by atoms with Crippen LogP contribution in [-0.4, -0.2) is 25.2 Å². The maximum absolute atomic E-state index is 12.2. The first-order valence-electron chi connectivity index (χ1n) is 9.23. The van der Waals surface area contributed by atoms with Gasteiger partial charge in [-0.1, -0.05) is 24.3 Å².